The summed E-state index contributed by atoms with van der Waals surface area (Å²) in [7, 11) is 0. The zero-order valence-electron chi connectivity index (χ0n) is 16.5. The number of hydrogen-bond donors (Lipinski definition) is 0. The second kappa shape index (κ2) is 6.11. The number of pyridine rings is 1. The molecule has 0 bridgehead atoms. The molecule has 0 aliphatic carbocycles. The van der Waals surface area contributed by atoms with Gasteiger partial charge in [0.15, 0.2) is 0 Å². The lowest BCUT2D eigenvalue weighted by Gasteiger charge is -2.17. The van der Waals surface area contributed by atoms with Crippen molar-refractivity contribution >= 4 is 16.7 Å². The second-order valence-electron chi connectivity index (χ2n) is 8.43. The highest BCUT2D eigenvalue weighted by Gasteiger charge is 2.29. The molecule has 0 aliphatic heterocycles. The predicted molar refractivity (Wildman–Crippen MR) is 113 cm³/mol. The molecule has 5 rings (SSSR count). The molecule has 2 nitrogen and oxygen atoms in total. The number of nitrogens with zero attached hydrogens (tertiary/aromatic N) is 2. The summed E-state index contributed by atoms with van der Waals surface area (Å²) in [6.07, 6.45) is 0. The molecule has 0 unspecified atom stereocenters. The lowest BCUT2D eigenvalue weighted by molar-refractivity contribution is 0.579. The summed E-state index contributed by atoms with van der Waals surface area (Å²) in [5, 5.41) is 0. The summed E-state index contributed by atoms with van der Waals surface area (Å²) >= 11 is 0. The van der Waals surface area contributed by atoms with Crippen molar-refractivity contribution in [3.8, 4) is 22.3 Å². The number of aromatic nitrogens is 2. The molecule has 0 aliphatic rings. The SMILES string of the molecule is CC(C)(C)c1nc2cccc3c(-c4ccc(F)cc4)c(-c4ccc(F)cc4)c1n23. The second-order valence-corrected chi connectivity index (χ2v) is 8.43. The first-order valence-corrected chi connectivity index (χ1v) is 9.63. The monoisotopic (exact) mass is 386 g/mol. The maximum Gasteiger partial charge on any atom is 0.138 e. The quantitative estimate of drug-likeness (QED) is 0.325. The Hall–Kier alpha value is -3.27. The fraction of sp³-hybridized carbons (Fsp3) is 0.160. The van der Waals surface area contributed by atoms with Crippen molar-refractivity contribution in [2.45, 2.75) is 26.2 Å². The van der Waals surface area contributed by atoms with E-state index >= 15 is 0 Å². The summed E-state index contributed by atoms with van der Waals surface area (Å²) in [5.74, 6) is -0.548. The summed E-state index contributed by atoms with van der Waals surface area (Å²) < 4.78 is 29.4. The van der Waals surface area contributed by atoms with E-state index < -0.39 is 0 Å². The van der Waals surface area contributed by atoms with Crippen LogP contribution in [0.15, 0.2) is 66.7 Å². The molecular formula is C25H20F2N2. The van der Waals surface area contributed by atoms with Gasteiger partial charge in [-0.25, -0.2) is 13.8 Å². The molecule has 0 N–H and O–H groups in total. The van der Waals surface area contributed by atoms with Gasteiger partial charge >= 0.3 is 0 Å². The van der Waals surface area contributed by atoms with Gasteiger partial charge in [-0.1, -0.05) is 51.1 Å². The standard InChI is InChI=1S/C25H20F2N2/c1-25(2,3)24-23-22(16-9-13-18(27)14-10-16)21(15-7-11-17(26)12-8-15)19-5-4-6-20(28-24)29(19)23/h4-14H,1-3H3. The maximum absolute atomic E-state index is 13.7. The van der Waals surface area contributed by atoms with Crippen molar-refractivity contribution < 1.29 is 8.78 Å². The van der Waals surface area contributed by atoms with Gasteiger partial charge in [-0.15, -0.1) is 0 Å². The zero-order valence-corrected chi connectivity index (χ0v) is 16.5. The molecule has 0 spiro atoms. The van der Waals surface area contributed by atoms with E-state index in [0.29, 0.717) is 0 Å². The number of imidazole rings is 1. The summed E-state index contributed by atoms with van der Waals surface area (Å²) in [5.41, 5.74) is 7.54. The van der Waals surface area contributed by atoms with Crippen molar-refractivity contribution in [2.24, 2.45) is 0 Å². The average molecular weight is 386 g/mol. The van der Waals surface area contributed by atoms with E-state index in [2.05, 4.69) is 31.2 Å². The molecule has 144 valence electrons. The Morgan fingerprint density at radius 2 is 1.28 bits per heavy atom. The van der Waals surface area contributed by atoms with Crippen LogP contribution in [0.5, 0.6) is 0 Å². The van der Waals surface area contributed by atoms with Gasteiger partial charge in [0.05, 0.1) is 16.7 Å². The van der Waals surface area contributed by atoms with E-state index in [1.54, 1.807) is 24.3 Å². The van der Waals surface area contributed by atoms with Crippen LogP contribution in [-0.4, -0.2) is 9.38 Å². The molecule has 0 fully saturated rings. The Labute approximate surface area is 167 Å². The first-order valence-electron chi connectivity index (χ1n) is 9.63. The minimum absolute atomic E-state index is 0.178. The first kappa shape index (κ1) is 17.8. The Balaban J connectivity index is 1.99. The Kier molecular flexibility index (Phi) is 3.75. The fourth-order valence-corrected chi connectivity index (χ4v) is 4.09. The molecule has 2 aromatic carbocycles. The molecule has 0 saturated carbocycles. The summed E-state index contributed by atoms with van der Waals surface area (Å²) in [4.78, 5) is 4.93. The summed E-state index contributed by atoms with van der Waals surface area (Å²) in [6, 6.07) is 19.1. The van der Waals surface area contributed by atoms with Crippen molar-refractivity contribution in [2.75, 3.05) is 0 Å². The minimum atomic E-state index is -0.275. The Morgan fingerprint density at radius 1 is 0.724 bits per heavy atom. The van der Waals surface area contributed by atoms with E-state index in [4.69, 9.17) is 4.98 Å². The van der Waals surface area contributed by atoms with Crippen molar-refractivity contribution in [3.63, 3.8) is 0 Å². The lowest BCUT2D eigenvalue weighted by Crippen LogP contribution is -2.12. The fourth-order valence-electron chi connectivity index (χ4n) is 4.09. The van der Waals surface area contributed by atoms with Gasteiger partial charge in [-0.3, -0.25) is 4.40 Å². The van der Waals surface area contributed by atoms with Crippen LogP contribution >= 0.6 is 0 Å². The van der Waals surface area contributed by atoms with Crippen molar-refractivity contribution in [1.29, 1.82) is 0 Å². The van der Waals surface area contributed by atoms with Crippen LogP contribution in [0.1, 0.15) is 26.5 Å². The van der Waals surface area contributed by atoms with E-state index in [0.717, 1.165) is 44.6 Å². The van der Waals surface area contributed by atoms with E-state index in [1.165, 1.54) is 24.3 Å². The summed E-state index contributed by atoms with van der Waals surface area (Å²) in [6.45, 7) is 6.43. The van der Waals surface area contributed by atoms with Crippen molar-refractivity contribution in [1.82, 2.24) is 9.38 Å². The van der Waals surface area contributed by atoms with E-state index in [1.807, 2.05) is 12.1 Å². The van der Waals surface area contributed by atoms with Crippen LogP contribution in [0.3, 0.4) is 0 Å². The molecule has 29 heavy (non-hydrogen) atoms. The Bertz CT molecular complexity index is 1320. The normalized spacial score (nSPS) is 12.3. The Morgan fingerprint density at radius 3 is 1.83 bits per heavy atom. The molecule has 0 amide bonds. The largest absolute Gasteiger partial charge is 0.292 e. The van der Waals surface area contributed by atoms with E-state index in [9.17, 15) is 8.78 Å². The third-order valence-electron chi connectivity index (χ3n) is 5.36. The lowest BCUT2D eigenvalue weighted by atomic mass is 9.88. The van der Waals surface area contributed by atoms with Gasteiger partial charge in [0.25, 0.3) is 0 Å². The molecule has 0 saturated heterocycles. The number of hydrogen-bond acceptors (Lipinski definition) is 1. The highest BCUT2D eigenvalue weighted by atomic mass is 19.1. The molecule has 4 heteroatoms. The van der Waals surface area contributed by atoms with Gasteiger partial charge in [0.2, 0.25) is 0 Å². The van der Waals surface area contributed by atoms with Gasteiger partial charge in [0.1, 0.15) is 17.3 Å². The molecule has 0 radical (unpaired) electrons. The number of benzene rings is 2. The predicted octanol–water partition coefficient (Wildman–Crippen LogP) is 6.84. The van der Waals surface area contributed by atoms with Gasteiger partial charge in [-0.2, -0.15) is 0 Å². The number of rotatable bonds is 2. The van der Waals surface area contributed by atoms with Gasteiger partial charge in [0, 0.05) is 16.5 Å². The third-order valence-corrected chi connectivity index (χ3v) is 5.36. The molecular weight excluding hydrogens is 366 g/mol. The van der Waals surface area contributed by atoms with Crippen LogP contribution in [0.4, 0.5) is 8.78 Å². The highest BCUT2D eigenvalue weighted by molar-refractivity contribution is 6.06. The molecule has 5 aromatic rings. The topological polar surface area (TPSA) is 17.3 Å². The van der Waals surface area contributed by atoms with Crippen LogP contribution in [-0.2, 0) is 5.41 Å². The zero-order chi connectivity index (χ0) is 20.3. The molecule has 0 atom stereocenters. The molecule has 3 heterocycles. The first-order chi connectivity index (χ1) is 13.8. The highest BCUT2D eigenvalue weighted by Crippen LogP contribution is 2.45. The van der Waals surface area contributed by atoms with E-state index in [-0.39, 0.29) is 17.0 Å². The van der Waals surface area contributed by atoms with Crippen LogP contribution in [0, 0.1) is 11.6 Å². The van der Waals surface area contributed by atoms with Gasteiger partial charge < -0.3 is 0 Å². The van der Waals surface area contributed by atoms with Crippen LogP contribution < -0.4 is 0 Å². The van der Waals surface area contributed by atoms with Gasteiger partial charge in [-0.05, 0) is 47.5 Å². The van der Waals surface area contributed by atoms with Crippen molar-refractivity contribution in [3.05, 3.63) is 84.1 Å². The third kappa shape index (κ3) is 2.70. The smallest absolute Gasteiger partial charge is 0.138 e. The molecule has 3 aromatic heterocycles. The average Bonchev–Trinajstić information content (AvgIpc) is 3.23. The minimum Gasteiger partial charge on any atom is -0.292 e. The van der Waals surface area contributed by atoms with Crippen LogP contribution in [0.2, 0.25) is 0 Å². The maximum atomic E-state index is 13.7. The van der Waals surface area contributed by atoms with Crippen LogP contribution in [0.25, 0.3) is 38.9 Å². The number of halogens is 2.